The Morgan fingerprint density at radius 3 is 2.59 bits per heavy atom. The molecule has 0 spiro atoms. The molecule has 1 N–H and O–H groups in total. The van der Waals surface area contributed by atoms with Gasteiger partial charge < -0.3 is 9.63 Å². The Balaban J connectivity index is 2.73. The third kappa shape index (κ3) is 1.70. The van der Waals surface area contributed by atoms with Gasteiger partial charge in [0.15, 0.2) is 0 Å². The summed E-state index contributed by atoms with van der Waals surface area (Å²) in [5.41, 5.74) is 1.32. The lowest BCUT2D eigenvalue weighted by Gasteiger charge is -1.97. The van der Waals surface area contributed by atoms with Crippen molar-refractivity contribution < 1.29 is 14.4 Å². The van der Waals surface area contributed by atoms with Crippen LogP contribution in [0, 0.1) is 13.8 Å². The van der Waals surface area contributed by atoms with Crippen molar-refractivity contribution in [3.63, 3.8) is 0 Å². The summed E-state index contributed by atoms with van der Waals surface area (Å²) in [6.45, 7) is 3.27. The second kappa shape index (κ2) is 3.89. The molecule has 0 aliphatic carbocycles. The van der Waals surface area contributed by atoms with E-state index in [1.807, 2.05) is 0 Å². The van der Waals surface area contributed by atoms with E-state index in [1.165, 1.54) is 4.68 Å². The lowest BCUT2D eigenvalue weighted by atomic mass is 10.1. The number of aromatic nitrogens is 3. The molecule has 0 atom stereocenters. The van der Waals surface area contributed by atoms with Gasteiger partial charge in [-0.25, -0.2) is 4.79 Å². The maximum atomic E-state index is 11.1. The molecular formula is C10H10ClN3O3. The second-order valence-corrected chi connectivity index (χ2v) is 4.00. The number of carbonyl (C=O) groups is 1. The largest absolute Gasteiger partial charge is 0.477 e. The average Bonchev–Trinajstić information content (AvgIpc) is 2.70. The van der Waals surface area contributed by atoms with Crippen LogP contribution in [0.25, 0.3) is 11.3 Å². The van der Waals surface area contributed by atoms with Crippen molar-refractivity contribution in [2.45, 2.75) is 13.8 Å². The Morgan fingerprint density at radius 2 is 2.12 bits per heavy atom. The summed E-state index contributed by atoms with van der Waals surface area (Å²) in [5, 5.41) is 17.3. The molecule has 90 valence electrons. The molecule has 0 amide bonds. The number of halogens is 1. The summed E-state index contributed by atoms with van der Waals surface area (Å²) >= 11 is 6.06. The van der Waals surface area contributed by atoms with Gasteiger partial charge in [-0.05, 0) is 13.8 Å². The van der Waals surface area contributed by atoms with E-state index < -0.39 is 5.97 Å². The van der Waals surface area contributed by atoms with E-state index >= 15 is 0 Å². The molecule has 0 aromatic carbocycles. The highest BCUT2D eigenvalue weighted by Crippen LogP contribution is 2.33. The molecular weight excluding hydrogens is 246 g/mol. The summed E-state index contributed by atoms with van der Waals surface area (Å²) in [4.78, 5) is 11.1. The first-order valence-corrected chi connectivity index (χ1v) is 5.20. The first-order valence-electron chi connectivity index (χ1n) is 4.82. The zero-order chi connectivity index (χ0) is 12.7. The summed E-state index contributed by atoms with van der Waals surface area (Å²) in [7, 11) is 1.67. The third-order valence-electron chi connectivity index (χ3n) is 2.47. The average molecular weight is 256 g/mol. The molecule has 17 heavy (non-hydrogen) atoms. The van der Waals surface area contributed by atoms with E-state index in [9.17, 15) is 4.79 Å². The van der Waals surface area contributed by atoms with Crippen LogP contribution in [0.5, 0.6) is 0 Å². The number of aryl methyl sites for hydroxylation is 3. The van der Waals surface area contributed by atoms with Crippen LogP contribution >= 0.6 is 11.6 Å². The van der Waals surface area contributed by atoms with Crippen molar-refractivity contribution in [3.8, 4) is 11.3 Å². The van der Waals surface area contributed by atoms with Gasteiger partial charge in [0.05, 0.1) is 11.3 Å². The molecule has 0 unspecified atom stereocenters. The van der Waals surface area contributed by atoms with Gasteiger partial charge in [-0.2, -0.15) is 5.10 Å². The van der Waals surface area contributed by atoms with Crippen LogP contribution in [-0.2, 0) is 7.05 Å². The Hall–Kier alpha value is -1.82. The number of carboxylic acids is 1. The van der Waals surface area contributed by atoms with Gasteiger partial charge in [-0.15, -0.1) is 0 Å². The van der Waals surface area contributed by atoms with Crippen molar-refractivity contribution in [1.82, 2.24) is 14.9 Å². The molecule has 2 rings (SSSR count). The molecule has 0 aliphatic heterocycles. The lowest BCUT2D eigenvalue weighted by Crippen LogP contribution is -1.99. The number of hydrogen-bond acceptors (Lipinski definition) is 4. The molecule has 0 fully saturated rings. The smallest absolute Gasteiger partial charge is 0.341 e. The van der Waals surface area contributed by atoms with Gasteiger partial charge in [0.25, 0.3) is 0 Å². The zero-order valence-corrected chi connectivity index (χ0v) is 10.2. The SMILES string of the molecule is Cc1nn(C)c(Cl)c1-c1noc(C)c1C(=O)O. The fraction of sp³-hybridized carbons (Fsp3) is 0.300. The van der Waals surface area contributed by atoms with Crippen LogP contribution in [-0.4, -0.2) is 26.0 Å². The quantitative estimate of drug-likeness (QED) is 0.888. The minimum absolute atomic E-state index is 0.0167. The lowest BCUT2D eigenvalue weighted by molar-refractivity contribution is 0.0696. The topological polar surface area (TPSA) is 81.2 Å². The van der Waals surface area contributed by atoms with E-state index in [0.29, 0.717) is 16.4 Å². The Kier molecular flexibility index (Phi) is 2.66. The van der Waals surface area contributed by atoms with Gasteiger partial charge in [0, 0.05) is 7.05 Å². The van der Waals surface area contributed by atoms with Gasteiger partial charge in [-0.3, -0.25) is 4.68 Å². The van der Waals surface area contributed by atoms with E-state index in [4.69, 9.17) is 21.2 Å². The predicted molar refractivity (Wildman–Crippen MR) is 60.1 cm³/mol. The van der Waals surface area contributed by atoms with Gasteiger partial charge in [-0.1, -0.05) is 16.8 Å². The van der Waals surface area contributed by atoms with Crippen molar-refractivity contribution in [1.29, 1.82) is 0 Å². The van der Waals surface area contributed by atoms with Crippen LogP contribution in [0.4, 0.5) is 0 Å². The maximum absolute atomic E-state index is 11.1. The van der Waals surface area contributed by atoms with Crippen LogP contribution in [0.2, 0.25) is 5.15 Å². The molecule has 7 heteroatoms. The van der Waals surface area contributed by atoms with Crippen LogP contribution in [0.15, 0.2) is 4.52 Å². The monoisotopic (exact) mass is 255 g/mol. The highest BCUT2D eigenvalue weighted by atomic mass is 35.5. The number of rotatable bonds is 2. The summed E-state index contributed by atoms with van der Waals surface area (Å²) < 4.78 is 6.36. The molecule has 2 aromatic heterocycles. The van der Waals surface area contributed by atoms with E-state index in [2.05, 4.69) is 10.3 Å². The summed E-state index contributed by atoms with van der Waals surface area (Å²) in [6, 6.07) is 0. The summed E-state index contributed by atoms with van der Waals surface area (Å²) in [5.74, 6) is -0.857. The minimum atomic E-state index is -1.10. The maximum Gasteiger partial charge on any atom is 0.341 e. The van der Waals surface area contributed by atoms with Gasteiger partial charge >= 0.3 is 5.97 Å². The molecule has 2 aromatic rings. The number of aromatic carboxylic acids is 1. The first kappa shape index (κ1) is 11.7. The van der Waals surface area contributed by atoms with Crippen molar-refractivity contribution in [2.24, 2.45) is 7.05 Å². The van der Waals surface area contributed by atoms with E-state index in [0.717, 1.165) is 0 Å². The Labute approximate surface area is 102 Å². The zero-order valence-electron chi connectivity index (χ0n) is 9.48. The van der Waals surface area contributed by atoms with Crippen LogP contribution < -0.4 is 0 Å². The normalized spacial score (nSPS) is 10.8. The number of nitrogens with zero attached hydrogens (tertiary/aromatic N) is 3. The second-order valence-electron chi connectivity index (χ2n) is 3.64. The van der Waals surface area contributed by atoms with E-state index in [1.54, 1.807) is 20.9 Å². The molecule has 0 saturated heterocycles. The molecule has 6 nitrogen and oxygen atoms in total. The molecule has 0 saturated carbocycles. The van der Waals surface area contributed by atoms with Crippen molar-refractivity contribution in [3.05, 3.63) is 22.2 Å². The molecule has 2 heterocycles. The Bertz CT molecular complexity index is 600. The van der Waals surface area contributed by atoms with Gasteiger partial charge in [0.2, 0.25) is 0 Å². The van der Waals surface area contributed by atoms with E-state index in [-0.39, 0.29) is 17.0 Å². The van der Waals surface area contributed by atoms with Crippen molar-refractivity contribution in [2.75, 3.05) is 0 Å². The predicted octanol–water partition coefficient (Wildman–Crippen LogP) is 2.04. The molecule has 0 aliphatic rings. The fourth-order valence-electron chi connectivity index (χ4n) is 1.69. The number of carboxylic acid groups (broad SMARTS) is 1. The minimum Gasteiger partial charge on any atom is -0.477 e. The summed E-state index contributed by atoms with van der Waals surface area (Å²) in [6.07, 6.45) is 0. The third-order valence-corrected chi connectivity index (χ3v) is 2.90. The highest BCUT2D eigenvalue weighted by molar-refractivity contribution is 6.32. The first-order chi connectivity index (χ1) is 7.93. The highest BCUT2D eigenvalue weighted by Gasteiger charge is 2.26. The van der Waals surface area contributed by atoms with Crippen LogP contribution in [0.3, 0.4) is 0 Å². The van der Waals surface area contributed by atoms with Gasteiger partial charge in [0.1, 0.15) is 22.2 Å². The molecule has 0 radical (unpaired) electrons. The standard InChI is InChI=1S/C10H10ClN3O3/c1-4-6(9(11)14(3)12-4)8-7(10(15)16)5(2)17-13-8/h1-3H3,(H,15,16). The Morgan fingerprint density at radius 1 is 1.47 bits per heavy atom. The van der Waals surface area contributed by atoms with Crippen molar-refractivity contribution >= 4 is 17.6 Å². The molecule has 0 bridgehead atoms. The fourth-order valence-corrected chi connectivity index (χ4v) is 1.96. The number of hydrogen-bond donors (Lipinski definition) is 1. The van der Waals surface area contributed by atoms with Crippen LogP contribution in [0.1, 0.15) is 21.8 Å².